The minimum Gasteiger partial charge on any atom is -0.490 e. The predicted molar refractivity (Wildman–Crippen MR) is 68.5 cm³/mol. The molecule has 1 N–H and O–H groups in total. The molecule has 3 rings (SSSR count). The Bertz CT molecular complexity index is 395. The Morgan fingerprint density at radius 1 is 1.28 bits per heavy atom. The van der Waals surface area contributed by atoms with Gasteiger partial charge >= 0.3 is 0 Å². The fourth-order valence-corrected chi connectivity index (χ4v) is 2.87. The van der Waals surface area contributed by atoms with Gasteiger partial charge in [-0.2, -0.15) is 0 Å². The lowest BCUT2D eigenvalue weighted by atomic mass is 9.74. The van der Waals surface area contributed by atoms with Crippen molar-refractivity contribution in [3.05, 3.63) is 29.8 Å². The van der Waals surface area contributed by atoms with Crippen molar-refractivity contribution in [2.45, 2.75) is 50.4 Å². The monoisotopic (exact) mass is 248 g/mol. The van der Waals surface area contributed by atoms with Gasteiger partial charge in [0.25, 0.3) is 0 Å². The number of aliphatic hydroxyl groups excluding tert-OH is 1. The summed E-state index contributed by atoms with van der Waals surface area (Å²) in [7, 11) is 0. The average Bonchev–Trinajstić information content (AvgIpc) is 2.38. The molecule has 0 amide bonds. The lowest BCUT2D eigenvalue weighted by molar-refractivity contribution is -0.153. The van der Waals surface area contributed by atoms with Crippen molar-refractivity contribution in [1.29, 1.82) is 0 Å². The third-order valence-corrected chi connectivity index (χ3v) is 4.12. The Morgan fingerprint density at radius 2 is 2.06 bits per heavy atom. The summed E-state index contributed by atoms with van der Waals surface area (Å²) in [5.41, 5.74) is 1.05. The minimum atomic E-state index is 0.0840. The summed E-state index contributed by atoms with van der Waals surface area (Å²) >= 11 is 0. The quantitative estimate of drug-likeness (QED) is 0.893. The molecule has 3 heteroatoms. The predicted octanol–water partition coefficient (Wildman–Crippen LogP) is 2.66. The van der Waals surface area contributed by atoms with Crippen molar-refractivity contribution in [1.82, 2.24) is 0 Å². The van der Waals surface area contributed by atoms with E-state index in [0.717, 1.165) is 30.8 Å². The molecule has 1 aromatic carbocycles. The molecular weight excluding hydrogens is 228 g/mol. The summed E-state index contributed by atoms with van der Waals surface area (Å²) in [6.07, 6.45) is 5.95. The van der Waals surface area contributed by atoms with Gasteiger partial charge in [0.2, 0.25) is 0 Å². The van der Waals surface area contributed by atoms with Crippen LogP contribution < -0.4 is 4.74 Å². The van der Waals surface area contributed by atoms with Crippen LogP contribution in [-0.2, 0) is 11.3 Å². The van der Waals surface area contributed by atoms with Gasteiger partial charge in [0.1, 0.15) is 11.9 Å². The smallest absolute Gasteiger partial charge is 0.119 e. The molecule has 3 nitrogen and oxygen atoms in total. The van der Waals surface area contributed by atoms with Gasteiger partial charge in [-0.1, -0.05) is 12.1 Å². The van der Waals surface area contributed by atoms with Gasteiger partial charge in [-0.15, -0.1) is 0 Å². The van der Waals surface area contributed by atoms with Crippen molar-refractivity contribution < 1.29 is 14.6 Å². The lowest BCUT2D eigenvalue weighted by Gasteiger charge is -2.46. The zero-order valence-corrected chi connectivity index (χ0v) is 10.6. The van der Waals surface area contributed by atoms with E-state index in [-0.39, 0.29) is 18.3 Å². The van der Waals surface area contributed by atoms with Gasteiger partial charge in [-0.05, 0) is 37.0 Å². The van der Waals surface area contributed by atoms with Crippen LogP contribution in [0.15, 0.2) is 24.3 Å². The summed E-state index contributed by atoms with van der Waals surface area (Å²) in [6.45, 7) is 0.903. The number of hydrogen-bond donors (Lipinski definition) is 1. The van der Waals surface area contributed by atoms with Gasteiger partial charge in [-0.3, -0.25) is 0 Å². The molecule has 18 heavy (non-hydrogen) atoms. The van der Waals surface area contributed by atoms with E-state index in [4.69, 9.17) is 14.6 Å². The maximum atomic E-state index is 9.00. The maximum absolute atomic E-state index is 9.00. The molecule has 1 atom stereocenters. The molecule has 0 aromatic heterocycles. The molecule has 2 aliphatic rings. The van der Waals surface area contributed by atoms with Gasteiger partial charge < -0.3 is 14.6 Å². The number of hydrogen-bond acceptors (Lipinski definition) is 3. The second-order valence-corrected chi connectivity index (χ2v) is 5.42. The van der Waals surface area contributed by atoms with Crippen LogP contribution in [0.25, 0.3) is 0 Å². The lowest BCUT2D eigenvalue weighted by Crippen LogP contribution is -2.48. The fourth-order valence-electron chi connectivity index (χ4n) is 2.87. The van der Waals surface area contributed by atoms with E-state index >= 15 is 0 Å². The summed E-state index contributed by atoms with van der Waals surface area (Å²) < 4.78 is 11.9. The van der Waals surface area contributed by atoms with Gasteiger partial charge in [-0.25, -0.2) is 0 Å². The molecule has 1 heterocycles. The molecule has 1 aromatic rings. The Balaban J connectivity index is 1.61. The zero-order chi connectivity index (χ0) is 12.4. The van der Waals surface area contributed by atoms with Gasteiger partial charge in [0.05, 0.1) is 18.8 Å². The average molecular weight is 248 g/mol. The molecule has 1 aliphatic carbocycles. The Hall–Kier alpha value is -1.06. The second kappa shape index (κ2) is 4.90. The van der Waals surface area contributed by atoms with Crippen LogP contribution in [0.1, 0.15) is 37.7 Å². The summed E-state index contributed by atoms with van der Waals surface area (Å²) in [6, 6.07) is 7.70. The van der Waals surface area contributed by atoms with Crippen molar-refractivity contribution in [2.75, 3.05) is 6.61 Å². The fraction of sp³-hybridized carbons (Fsp3) is 0.600. The van der Waals surface area contributed by atoms with Gasteiger partial charge in [0.15, 0.2) is 0 Å². The molecular formula is C15H20O3. The first-order chi connectivity index (χ1) is 8.80. The number of rotatable bonds is 3. The molecule has 1 spiro atoms. The maximum Gasteiger partial charge on any atom is 0.119 e. The van der Waals surface area contributed by atoms with Gasteiger partial charge in [0, 0.05) is 12.8 Å². The number of ether oxygens (including phenoxy) is 2. The Kier molecular flexibility index (Phi) is 3.27. The van der Waals surface area contributed by atoms with E-state index in [9.17, 15) is 0 Å². The number of aliphatic hydroxyl groups is 1. The third-order valence-electron chi connectivity index (χ3n) is 4.12. The second-order valence-electron chi connectivity index (χ2n) is 5.42. The molecule has 1 saturated heterocycles. The highest BCUT2D eigenvalue weighted by Crippen LogP contribution is 2.43. The van der Waals surface area contributed by atoms with E-state index in [1.165, 1.54) is 19.3 Å². The van der Waals surface area contributed by atoms with Crippen LogP contribution in [0.2, 0.25) is 0 Å². The first kappa shape index (κ1) is 12.0. The van der Waals surface area contributed by atoms with Crippen LogP contribution in [0.4, 0.5) is 0 Å². The number of benzene rings is 1. The summed E-state index contributed by atoms with van der Waals surface area (Å²) in [4.78, 5) is 0. The van der Waals surface area contributed by atoms with E-state index in [2.05, 4.69) is 0 Å². The molecule has 1 saturated carbocycles. The standard InChI is InChI=1S/C15H20O3/c16-11-12-2-4-13(5-3-12)18-14-6-9-17-15(10-14)7-1-8-15/h2-5,14,16H,1,6-11H2. The summed E-state index contributed by atoms with van der Waals surface area (Å²) in [5, 5.41) is 9.00. The first-order valence-corrected chi connectivity index (χ1v) is 6.80. The SMILES string of the molecule is OCc1ccc(OC2CCOC3(CCC3)C2)cc1. The van der Waals surface area contributed by atoms with Crippen LogP contribution in [0.3, 0.4) is 0 Å². The third kappa shape index (κ3) is 2.38. The van der Waals surface area contributed by atoms with Crippen molar-refractivity contribution in [3.63, 3.8) is 0 Å². The van der Waals surface area contributed by atoms with Crippen molar-refractivity contribution in [3.8, 4) is 5.75 Å². The van der Waals surface area contributed by atoms with Crippen LogP contribution in [-0.4, -0.2) is 23.4 Å². The largest absolute Gasteiger partial charge is 0.490 e. The zero-order valence-electron chi connectivity index (χ0n) is 10.6. The molecule has 1 unspecified atom stereocenters. The van der Waals surface area contributed by atoms with E-state index in [1.54, 1.807) is 0 Å². The van der Waals surface area contributed by atoms with E-state index < -0.39 is 0 Å². The summed E-state index contributed by atoms with van der Waals surface area (Å²) in [5.74, 6) is 0.897. The molecule has 0 radical (unpaired) electrons. The Morgan fingerprint density at radius 3 is 2.67 bits per heavy atom. The van der Waals surface area contributed by atoms with Crippen LogP contribution in [0.5, 0.6) is 5.75 Å². The minimum absolute atomic E-state index is 0.0840. The molecule has 0 bridgehead atoms. The molecule has 1 aliphatic heterocycles. The Labute approximate surface area is 108 Å². The topological polar surface area (TPSA) is 38.7 Å². The molecule has 2 fully saturated rings. The van der Waals surface area contributed by atoms with Crippen LogP contribution >= 0.6 is 0 Å². The first-order valence-electron chi connectivity index (χ1n) is 6.80. The van der Waals surface area contributed by atoms with Crippen molar-refractivity contribution >= 4 is 0 Å². The van der Waals surface area contributed by atoms with E-state index in [1.807, 2.05) is 24.3 Å². The molecule has 98 valence electrons. The highest BCUT2D eigenvalue weighted by Gasteiger charge is 2.43. The van der Waals surface area contributed by atoms with Crippen LogP contribution in [0, 0.1) is 0 Å². The highest BCUT2D eigenvalue weighted by atomic mass is 16.5. The van der Waals surface area contributed by atoms with Crippen molar-refractivity contribution in [2.24, 2.45) is 0 Å². The normalized spacial score (nSPS) is 25.7. The van der Waals surface area contributed by atoms with E-state index in [0.29, 0.717) is 0 Å². The highest BCUT2D eigenvalue weighted by molar-refractivity contribution is 5.27.